The Morgan fingerprint density at radius 1 is 1.57 bits per heavy atom. The fourth-order valence-electron chi connectivity index (χ4n) is 2.38. The molecule has 0 aromatic carbocycles. The van der Waals surface area contributed by atoms with E-state index in [-0.39, 0.29) is 11.7 Å². The lowest BCUT2D eigenvalue weighted by atomic mass is 9.89. The zero-order valence-corrected chi connectivity index (χ0v) is 8.70. The van der Waals surface area contributed by atoms with Crippen LogP contribution in [0.1, 0.15) is 39.0 Å². The molecular formula is C11H18O3. The Balaban J connectivity index is 1.77. The zero-order valence-electron chi connectivity index (χ0n) is 8.70. The van der Waals surface area contributed by atoms with Crippen LogP contribution in [-0.2, 0) is 14.3 Å². The SMILES string of the molecule is CC(CC=O)OCC12CCC(CC1)O2. The quantitative estimate of drug-likeness (QED) is 0.631. The minimum absolute atomic E-state index is 0.00180. The van der Waals surface area contributed by atoms with Crippen LogP contribution < -0.4 is 0 Å². The average Bonchev–Trinajstić information content (AvgIpc) is 2.75. The smallest absolute Gasteiger partial charge is 0.122 e. The molecule has 2 aliphatic heterocycles. The summed E-state index contributed by atoms with van der Waals surface area (Å²) in [6, 6.07) is 0. The molecular weight excluding hydrogens is 180 g/mol. The van der Waals surface area contributed by atoms with Crippen molar-refractivity contribution >= 4 is 6.29 Å². The number of aldehydes is 1. The van der Waals surface area contributed by atoms with Crippen LogP contribution in [0.3, 0.4) is 0 Å². The summed E-state index contributed by atoms with van der Waals surface area (Å²) >= 11 is 0. The molecule has 1 atom stereocenters. The third kappa shape index (κ3) is 1.98. The van der Waals surface area contributed by atoms with E-state index >= 15 is 0 Å². The predicted molar refractivity (Wildman–Crippen MR) is 52.2 cm³/mol. The van der Waals surface area contributed by atoms with E-state index in [1.165, 1.54) is 12.8 Å². The molecule has 0 aromatic rings. The minimum Gasteiger partial charge on any atom is -0.375 e. The number of carbonyl (C=O) groups is 1. The van der Waals surface area contributed by atoms with Crippen molar-refractivity contribution in [1.29, 1.82) is 0 Å². The second kappa shape index (κ2) is 3.99. The molecule has 2 fully saturated rings. The number of hydrogen-bond acceptors (Lipinski definition) is 3. The van der Waals surface area contributed by atoms with Crippen LogP contribution in [0.4, 0.5) is 0 Å². The van der Waals surface area contributed by atoms with Crippen molar-refractivity contribution in [2.75, 3.05) is 6.61 Å². The van der Waals surface area contributed by atoms with Crippen molar-refractivity contribution in [3.8, 4) is 0 Å². The second-order valence-electron chi connectivity index (χ2n) is 4.52. The molecule has 3 nitrogen and oxygen atoms in total. The van der Waals surface area contributed by atoms with Crippen LogP contribution in [0.25, 0.3) is 0 Å². The van der Waals surface area contributed by atoms with Crippen molar-refractivity contribution < 1.29 is 14.3 Å². The molecule has 1 unspecified atom stereocenters. The highest BCUT2D eigenvalue weighted by Gasteiger charge is 2.46. The van der Waals surface area contributed by atoms with Gasteiger partial charge in [-0.05, 0) is 32.6 Å². The third-order valence-electron chi connectivity index (χ3n) is 3.32. The van der Waals surface area contributed by atoms with E-state index in [0.29, 0.717) is 19.1 Å². The van der Waals surface area contributed by atoms with Gasteiger partial charge < -0.3 is 14.3 Å². The summed E-state index contributed by atoms with van der Waals surface area (Å²) in [7, 11) is 0. The standard InChI is InChI=1S/C11H18O3/c1-9(4-7-12)13-8-11-5-2-10(14-11)3-6-11/h7,9-10H,2-6,8H2,1H3. The number of rotatable bonds is 5. The van der Waals surface area contributed by atoms with Crippen molar-refractivity contribution in [1.82, 2.24) is 0 Å². The van der Waals surface area contributed by atoms with Crippen LogP contribution in [0.5, 0.6) is 0 Å². The topological polar surface area (TPSA) is 35.5 Å². The van der Waals surface area contributed by atoms with Gasteiger partial charge in [0, 0.05) is 6.42 Å². The highest BCUT2D eigenvalue weighted by Crippen LogP contribution is 2.43. The van der Waals surface area contributed by atoms with Gasteiger partial charge in [-0.15, -0.1) is 0 Å². The number of hydrogen-bond donors (Lipinski definition) is 0. The molecule has 0 N–H and O–H groups in total. The molecule has 80 valence electrons. The van der Waals surface area contributed by atoms with Gasteiger partial charge in [-0.1, -0.05) is 0 Å². The Kier molecular flexibility index (Phi) is 2.88. The van der Waals surface area contributed by atoms with E-state index in [4.69, 9.17) is 9.47 Å². The summed E-state index contributed by atoms with van der Waals surface area (Å²) in [5.74, 6) is 0. The van der Waals surface area contributed by atoms with E-state index in [9.17, 15) is 4.79 Å². The molecule has 0 aliphatic carbocycles. The molecule has 0 radical (unpaired) electrons. The molecule has 0 spiro atoms. The van der Waals surface area contributed by atoms with Crippen LogP contribution in [0.2, 0.25) is 0 Å². The predicted octanol–water partition coefficient (Wildman–Crippen LogP) is 1.69. The summed E-state index contributed by atoms with van der Waals surface area (Å²) in [5.41, 5.74) is 0.00180. The third-order valence-corrected chi connectivity index (χ3v) is 3.32. The van der Waals surface area contributed by atoms with Gasteiger partial charge in [0.25, 0.3) is 0 Å². The van der Waals surface area contributed by atoms with Gasteiger partial charge in [-0.2, -0.15) is 0 Å². The summed E-state index contributed by atoms with van der Waals surface area (Å²) < 4.78 is 11.5. The van der Waals surface area contributed by atoms with E-state index < -0.39 is 0 Å². The maximum absolute atomic E-state index is 10.3. The van der Waals surface area contributed by atoms with E-state index in [2.05, 4.69) is 0 Å². The van der Waals surface area contributed by atoms with Gasteiger partial charge >= 0.3 is 0 Å². The lowest BCUT2D eigenvalue weighted by Gasteiger charge is -2.25. The summed E-state index contributed by atoms with van der Waals surface area (Å²) in [5, 5.41) is 0. The number of fused-ring (bicyclic) bond motifs is 2. The first-order valence-electron chi connectivity index (χ1n) is 5.47. The molecule has 2 aliphatic rings. The van der Waals surface area contributed by atoms with E-state index in [0.717, 1.165) is 19.1 Å². The van der Waals surface area contributed by atoms with E-state index in [1.807, 2.05) is 6.92 Å². The summed E-state index contributed by atoms with van der Waals surface area (Å²) in [6.07, 6.45) is 6.55. The zero-order chi connectivity index (χ0) is 10.0. The van der Waals surface area contributed by atoms with Crippen molar-refractivity contribution in [2.24, 2.45) is 0 Å². The van der Waals surface area contributed by atoms with Gasteiger partial charge in [-0.3, -0.25) is 0 Å². The number of carbonyl (C=O) groups excluding carboxylic acids is 1. The molecule has 3 heteroatoms. The first-order chi connectivity index (χ1) is 6.74. The van der Waals surface area contributed by atoms with Gasteiger partial charge in [0.05, 0.1) is 24.4 Å². The largest absolute Gasteiger partial charge is 0.375 e. The summed E-state index contributed by atoms with van der Waals surface area (Å²) in [4.78, 5) is 10.3. The summed E-state index contributed by atoms with van der Waals surface area (Å²) in [6.45, 7) is 2.60. The minimum atomic E-state index is 0.00180. The molecule has 14 heavy (non-hydrogen) atoms. The molecule has 2 rings (SSSR count). The van der Waals surface area contributed by atoms with Crippen molar-refractivity contribution in [2.45, 2.75) is 56.8 Å². The van der Waals surface area contributed by atoms with Gasteiger partial charge in [0.1, 0.15) is 6.29 Å². The molecule has 2 saturated heterocycles. The maximum Gasteiger partial charge on any atom is 0.122 e. The Hall–Kier alpha value is -0.410. The first kappa shape index (κ1) is 10.1. The lowest BCUT2D eigenvalue weighted by molar-refractivity contribution is -0.113. The van der Waals surface area contributed by atoms with Crippen LogP contribution >= 0.6 is 0 Å². The molecule has 0 amide bonds. The first-order valence-corrected chi connectivity index (χ1v) is 5.47. The Labute approximate surface area is 84.8 Å². The molecule has 0 saturated carbocycles. The Bertz CT molecular complexity index is 207. The maximum atomic E-state index is 10.3. The van der Waals surface area contributed by atoms with Crippen molar-refractivity contribution in [3.05, 3.63) is 0 Å². The highest BCUT2D eigenvalue weighted by molar-refractivity contribution is 5.49. The second-order valence-corrected chi connectivity index (χ2v) is 4.52. The van der Waals surface area contributed by atoms with Crippen LogP contribution in [0, 0.1) is 0 Å². The molecule has 2 bridgehead atoms. The normalized spacial score (nSPS) is 37.4. The highest BCUT2D eigenvalue weighted by atomic mass is 16.6. The Morgan fingerprint density at radius 3 is 2.79 bits per heavy atom. The average molecular weight is 198 g/mol. The van der Waals surface area contributed by atoms with Gasteiger partial charge in [-0.25, -0.2) is 0 Å². The lowest BCUT2D eigenvalue weighted by Crippen LogP contribution is -2.32. The Morgan fingerprint density at radius 2 is 2.29 bits per heavy atom. The van der Waals surface area contributed by atoms with E-state index in [1.54, 1.807) is 0 Å². The fourth-order valence-corrected chi connectivity index (χ4v) is 2.38. The monoisotopic (exact) mass is 198 g/mol. The number of ether oxygens (including phenoxy) is 2. The van der Waals surface area contributed by atoms with Crippen LogP contribution in [-0.4, -0.2) is 30.7 Å². The van der Waals surface area contributed by atoms with Crippen molar-refractivity contribution in [3.63, 3.8) is 0 Å². The van der Waals surface area contributed by atoms with Gasteiger partial charge in [0.2, 0.25) is 0 Å². The molecule has 2 heterocycles. The van der Waals surface area contributed by atoms with Gasteiger partial charge in [0.15, 0.2) is 0 Å². The fraction of sp³-hybridized carbons (Fsp3) is 0.909. The molecule has 0 aromatic heterocycles. The van der Waals surface area contributed by atoms with Crippen LogP contribution in [0.15, 0.2) is 0 Å².